The molecule has 0 N–H and O–H groups in total. The standard InChI is InChI=1S/C18H18ClN3O3/c19-17-7-2-1-4-15(17)13-20-8-10-21(11-9-20)18(23)14-5-3-6-16(12-14)22(24)25/h1-7,12H,8-11,13H2. The number of piperazine rings is 1. The summed E-state index contributed by atoms with van der Waals surface area (Å²) in [4.78, 5) is 26.9. The second-order valence-electron chi connectivity index (χ2n) is 5.97. The van der Waals surface area contributed by atoms with E-state index in [1.54, 1.807) is 17.0 Å². The Morgan fingerprint density at radius 1 is 1.08 bits per heavy atom. The maximum Gasteiger partial charge on any atom is 0.270 e. The van der Waals surface area contributed by atoms with Crippen LogP contribution < -0.4 is 0 Å². The van der Waals surface area contributed by atoms with Crippen LogP contribution in [0.15, 0.2) is 48.5 Å². The van der Waals surface area contributed by atoms with Crippen LogP contribution in [0.25, 0.3) is 0 Å². The molecule has 1 saturated heterocycles. The molecule has 0 spiro atoms. The molecule has 0 aliphatic carbocycles. The largest absolute Gasteiger partial charge is 0.336 e. The molecule has 2 aromatic rings. The summed E-state index contributed by atoms with van der Waals surface area (Å²) >= 11 is 6.20. The van der Waals surface area contributed by atoms with Crippen molar-refractivity contribution in [3.63, 3.8) is 0 Å². The number of carbonyl (C=O) groups excluding carboxylic acids is 1. The summed E-state index contributed by atoms with van der Waals surface area (Å²) in [6.07, 6.45) is 0. The first-order chi connectivity index (χ1) is 12.0. The summed E-state index contributed by atoms with van der Waals surface area (Å²) in [6.45, 7) is 3.41. The number of nitro groups is 1. The molecule has 1 heterocycles. The van der Waals surface area contributed by atoms with Crippen molar-refractivity contribution in [2.24, 2.45) is 0 Å². The van der Waals surface area contributed by atoms with Crippen LogP contribution in [0, 0.1) is 10.1 Å². The Hall–Kier alpha value is -2.44. The molecule has 25 heavy (non-hydrogen) atoms. The summed E-state index contributed by atoms with van der Waals surface area (Å²) < 4.78 is 0. The highest BCUT2D eigenvalue weighted by molar-refractivity contribution is 6.31. The number of halogens is 1. The lowest BCUT2D eigenvalue weighted by Gasteiger charge is -2.35. The summed E-state index contributed by atoms with van der Waals surface area (Å²) in [5, 5.41) is 11.6. The van der Waals surface area contributed by atoms with E-state index in [9.17, 15) is 14.9 Å². The molecule has 1 amide bonds. The normalized spacial score (nSPS) is 15.2. The van der Waals surface area contributed by atoms with Gasteiger partial charge in [-0.05, 0) is 17.7 Å². The molecular formula is C18H18ClN3O3. The highest BCUT2D eigenvalue weighted by atomic mass is 35.5. The molecule has 1 aliphatic rings. The van der Waals surface area contributed by atoms with E-state index >= 15 is 0 Å². The Morgan fingerprint density at radius 3 is 2.48 bits per heavy atom. The van der Waals surface area contributed by atoms with Gasteiger partial charge in [0.15, 0.2) is 0 Å². The average Bonchev–Trinajstić information content (AvgIpc) is 2.64. The van der Waals surface area contributed by atoms with Crippen LogP contribution in [0.1, 0.15) is 15.9 Å². The van der Waals surface area contributed by atoms with Gasteiger partial charge in [0.2, 0.25) is 0 Å². The molecule has 2 aromatic carbocycles. The smallest absolute Gasteiger partial charge is 0.270 e. The van der Waals surface area contributed by atoms with Crippen LogP contribution in [0.2, 0.25) is 5.02 Å². The van der Waals surface area contributed by atoms with Crippen LogP contribution >= 0.6 is 11.6 Å². The van der Waals surface area contributed by atoms with Gasteiger partial charge in [-0.25, -0.2) is 0 Å². The quantitative estimate of drug-likeness (QED) is 0.621. The first-order valence-corrected chi connectivity index (χ1v) is 8.42. The van der Waals surface area contributed by atoms with Crippen LogP contribution in [0.5, 0.6) is 0 Å². The van der Waals surface area contributed by atoms with Gasteiger partial charge in [-0.1, -0.05) is 35.9 Å². The van der Waals surface area contributed by atoms with Gasteiger partial charge in [0.05, 0.1) is 4.92 Å². The average molecular weight is 360 g/mol. The van der Waals surface area contributed by atoms with E-state index in [4.69, 9.17) is 11.6 Å². The molecular weight excluding hydrogens is 342 g/mol. The monoisotopic (exact) mass is 359 g/mol. The summed E-state index contributed by atoms with van der Waals surface area (Å²) in [7, 11) is 0. The zero-order chi connectivity index (χ0) is 17.8. The lowest BCUT2D eigenvalue weighted by atomic mass is 10.1. The van der Waals surface area contributed by atoms with Crippen molar-refractivity contribution >= 4 is 23.2 Å². The Labute approximate surface area is 150 Å². The van der Waals surface area contributed by atoms with Gasteiger partial charge in [-0.3, -0.25) is 19.8 Å². The van der Waals surface area contributed by atoms with Gasteiger partial charge in [0.1, 0.15) is 0 Å². The van der Waals surface area contributed by atoms with Crippen LogP contribution in [0.3, 0.4) is 0 Å². The number of non-ortho nitro benzene ring substituents is 1. The highest BCUT2D eigenvalue weighted by Gasteiger charge is 2.23. The van der Waals surface area contributed by atoms with E-state index in [-0.39, 0.29) is 11.6 Å². The molecule has 6 nitrogen and oxygen atoms in total. The SMILES string of the molecule is O=C(c1cccc([N+](=O)[O-])c1)N1CCN(Cc2ccccc2Cl)CC1. The Balaban J connectivity index is 1.60. The van der Waals surface area contributed by atoms with Crippen molar-refractivity contribution in [1.29, 1.82) is 0 Å². The number of nitrogens with zero attached hydrogens (tertiary/aromatic N) is 3. The molecule has 1 aliphatic heterocycles. The van der Waals surface area contributed by atoms with E-state index in [0.29, 0.717) is 18.7 Å². The van der Waals surface area contributed by atoms with Crippen LogP contribution in [-0.4, -0.2) is 46.8 Å². The fourth-order valence-electron chi connectivity index (χ4n) is 2.91. The first kappa shape index (κ1) is 17.4. The van der Waals surface area contributed by atoms with Crippen molar-refractivity contribution in [1.82, 2.24) is 9.80 Å². The summed E-state index contributed by atoms with van der Waals surface area (Å²) in [6, 6.07) is 13.6. The molecule has 0 saturated carbocycles. The number of carbonyl (C=O) groups is 1. The molecule has 130 valence electrons. The molecule has 0 unspecified atom stereocenters. The molecule has 3 rings (SSSR count). The predicted molar refractivity (Wildman–Crippen MR) is 95.7 cm³/mol. The third kappa shape index (κ3) is 4.15. The number of benzene rings is 2. The molecule has 0 bridgehead atoms. The Bertz CT molecular complexity index is 789. The maximum absolute atomic E-state index is 12.6. The number of nitro benzene ring substituents is 1. The Morgan fingerprint density at radius 2 is 1.80 bits per heavy atom. The van der Waals surface area contributed by atoms with Gasteiger partial charge in [0, 0.05) is 55.4 Å². The Kier molecular flexibility index (Phi) is 5.31. The number of hydrogen-bond donors (Lipinski definition) is 0. The minimum Gasteiger partial charge on any atom is -0.336 e. The zero-order valence-corrected chi connectivity index (χ0v) is 14.4. The molecule has 0 atom stereocenters. The zero-order valence-electron chi connectivity index (χ0n) is 13.6. The molecule has 1 fully saturated rings. The third-order valence-corrected chi connectivity index (χ3v) is 4.68. The molecule has 0 radical (unpaired) electrons. The van der Waals surface area contributed by atoms with Crippen molar-refractivity contribution in [3.8, 4) is 0 Å². The van der Waals surface area contributed by atoms with Gasteiger partial charge in [-0.15, -0.1) is 0 Å². The minimum absolute atomic E-state index is 0.0665. The van der Waals surface area contributed by atoms with E-state index in [1.807, 2.05) is 24.3 Å². The maximum atomic E-state index is 12.6. The van der Waals surface area contributed by atoms with Gasteiger partial charge in [0.25, 0.3) is 11.6 Å². The minimum atomic E-state index is -0.488. The van der Waals surface area contributed by atoms with E-state index in [2.05, 4.69) is 4.90 Å². The molecule has 0 aromatic heterocycles. The van der Waals surface area contributed by atoms with Gasteiger partial charge in [-0.2, -0.15) is 0 Å². The first-order valence-electron chi connectivity index (χ1n) is 8.04. The van der Waals surface area contributed by atoms with Crippen molar-refractivity contribution in [2.75, 3.05) is 26.2 Å². The second kappa shape index (κ2) is 7.63. The topological polar surface area (TPSA) is 66.7 Å². The fraction of sp³-hybridized carbons (Fsp3) is 0.278. The summed E-state index contributed by atoms with van der Waals surface area (Å²) in [5.41, 5.74) is 1.36. The van der Waals surface area contributed by atoms with Gasteiger partial charge >= 0.3 is 0 Å². The fourth-order valence-corrected chi connectivity index (χ4v) is 3.11. The van der Waals surface area contributed by atoms with Crippen molar-refractivity contribution in [2.45, 2.75) is 6.54 Å². The van der Waals surface area contributed by atoms with E-state index in [1.165, 1.54) is 12.1 Å². The van der Waals surface area contributed by atoms with Crippen molar-refractivity contribution < 1.29 is 9.72 Å². The lowest BCUT2D eigenvalue weighted by molar-refractivity contribution is -0.384. The number of amides is 1. The second-order valence-corrected chi connectivity index (χ2v) is 6.37. The summed E-state index contributed by atoms with van der Waals surface area (Å²) in [5.74, 6) is -0.166. The van der Waals surface area contributed by atoms with E-state index in [0.717, 1.165) is 30.2 Å². The van der Waals surface area contributed by atoms with Crippen molar-refractivity contribution in [3.05, 3.63) is 74.8 Å². The van der Waals surface area contributed by atoms with E-state index < -0.39 is 4.92 Å². The van der Waals surface area contributed by atoms with Crippen LogP contribution in [0.4, 0.5) is 5.69 Å². The third-order valence-electron chi connectivity index (χ3n) is 4.32. The predicted octanol–water partition coefficient (Wildman–Crippen LogP) is 3.21. The number of rotatable bonds is 4. The highest BCUT2D eigenvalue weighted by Crippen LogP contribution is 2.19. The van der Waals surface area contributed by atoms with Gasteiger partial charge < -0.3 is 4.90 Å². The molecule has 7 heteroatoms. The lowest BCUT2D eigenvalue weighted by Crippen LogP contribution is -2.48. The van der Waals surface area contributed by atoms with Crippen LogP contribution in [-0.2, 0) is 6.54 Å². The number of hydrogen-bond acceptors (Lipinski definition) is 4.